The van der Waals surface area contributed by atoms with E-state index < -0.39 is 0 Å². The summed E-state index contributed by atoms with van der Waals surface area (Å²) in [5.41, 5.74) is 6.53. The van der Waals surface area contributed by atoms with E-state index in [1.54, 1.807) is 0 Å². The maximum atomic E-state index is 5.92. The van der Waals surface area contributed by atoms with Gasteiger partial charge in [-0.05, 0) is 32.0 Å². The predicted molar refractivity (Wildman–Crippen MR) is 83.4 cm³/mol. The van der Waals surface area contributed by atoms with E-state index in [9.17, 15) is 0 Å². The second kappa shape index (κ2) is 6.79. The van der Waals surface area contributed by atoms with Gasteiger partial charge in [-0.2, -0.15) is 4.98 Å². The fourth-order valence-corrected chi connectivity index (χ4v) is 2.61. The standard InChI is InChI=1S/C15H26N4O/c1-4-10-20-15-13(16)6-7-14(17-15)19-9-8-18(5-2)12(3)11-19/h6-7,12H,4-5,8-11,16H2,1-3H3. The first-order valence-electron chi connectivity index (χ1n) is 7.54. The second-order valence-electron chi connectivity index (χ2n) is 5.34. The molecule has 0 amide bonds. The molecule has 2 N–H and O–H groups in total. The number of hydrogen-bond donors (Lipinski definition) is 1. The van der Waals surface area contributed by atoms with E-state index in [-0.39, 0.29) is 0 Å². The summed E-state index contributed by atoms with van der Waals surface area (Å²) in [5, 5.41) is 0. The number of ether oxygens (including phenoxy) is 1. The summed E-state index contributed by atoms with van der Waals surface area (Å²) in [6.45, 7) is 11.4. The first kappa shape index (κ1) is 14.9. The smallest absolute Gasteiger partial charge is 0.239 e. The molecule has 0 radical (unpaired) electrons. The number of nitrogen functional groups attached to an aromatic ring is 1. The molecule has 1 aliphatic rings. The van der Waals surface area contributed by atoms with Gasteiger partial charge in [0.15, 0.2) is 0 Å². The maximum Gasteiger partial charge on any atom is 0.239 e. The SMILES string of the molecule is CCCOc1nc(N2CCN(CC)C(C)C2)ccc1N. The zero-order valence-corrected chi connectivity index (χ0v) is 12.8. The Labute approximate surface area is 121 Å². The number of likely N-dealkylation sites (N-methyl/N-ethyl adjacent to an activating group) is 1. The summed E-state index contributed by atoms with van der Waals surface area (Å²) >= 11 is 0. The molecule has 112 valence electrons. The number of anilines is 2. The Morgan fingerprint density at radius 2 is 2.15 bits per heavy atom. The largest absolute Gasteiger partial charge is 0.476 e. The van der Waals surface area contributed by atoms with Crippen LogP contribution in [-0.4, -0.2) is 48.7 Å². The monoisotopic (exact) mass is 278 g/mol. The van der Waals surface area contributed by atoms with Crippen LogP contribution in [0.2, 0.25) is 0 Å². The molecule has 1 aliphatic heterocycles. The van der Waals surface area contributed by atoms with Crippen LogP contribution in [0.5, 0.6) is 5.88 Å². The molecule has 5 heteroatoms. The molecule has 1 saturated heterocycles. The fraction of sp³-hybridized carbons (Fsp3) is 0.667. The molecule has 2 rings (SSSR count). The average Bonchev–Trinajstić information content (AvgIpc) is 2.46. The molecule has 1 aromatic rings. The molecule has 1 unspecified atom stereocenters. The fourth-order valence-electron chi connectivity index (χ4n) is 2.61. The highest BCUT2D eigenvalue weighted by Gasteiger charge is 2.23. The van der Waals surface area contributed by atoms with Crippen molar-refractivity contribution >= 4 is 11.5 Å². The zero-order chi connectivity index (χ0) is 14.5. The highest BCUT2D eigenvalue weighted by molar-refractivity contribution is 5.54. The van der Waals surface area contributed by atoms with Gasteiger partial charge in [0, 0.05) is 25.7 Å². The summed E-state index contributed by atoms with van der Waals surface area (Å²) in [7, 11) is 0. The lowest BCUT2D eigenvalue weighted by Gasteiger charge is -2.40. The lowest BCUT2D eigenvalue weighted by atomic mass is 10.2. The van der Waals surface area contributed by atoms with Gasteiger partial charge in [0.2, 0.25) is 5.88 Å². The van der Waals surface area contributed by atoms with Crippen molar-refractivity contribution in [1.29, 1.82) is 0 Å². The quantitative estimate of drug-likeness (QED) is 0.892. The highest BCUT2D eigenvalue weighted by Crippen LogP contribution is 2.25. The van der Waals surface area contributed by atoms with Crippen LogP contribution in [-0.2, 0) is 0 Å². The minimum absolute atomic E-state index is 0.549. The summed E-state index contributed by atoms with van der Waals surface area (Å²) in [5.74, 6) is 1.53. The van der Waals surface area contributed by atoms with Gasteiger partial charge < -0.3 is 15.4 Å². The van der Waals surface area contributed by atoms with Gasteiger partial charge in [-0.1, -0.05) is 13.8 Å². The Hall–Kier alpha value is -1.49. The molecule has 0 saturated carbocycles. The average molecular weight is 278 g/mol. The van der Waals surface area contributed by atoms with Crippen LogP contribution in [0.3, 0.4) is 0 Å². The third-order valence-corrected chi connectivity index (χ3v) is 3.81. The molecule has 0 aromatic carbocycles. The van der Waals surface area contributed by atoms with Gasteiger partial charge >= 0.3 is 0 Å². The van der Waals surface area contributed by atoms with Crippen LogP contribution in [0.15, 0.2) is 12.1 Å². The molecule has 0 aliphatic carbocycles. The van der Waals surface area contributed by atoms with Crippen LogP contribution in [0.1, 0.15) is 27.2 Å². The highest BCUT2D eigenvalue weighted by atomic mass is 16.5. The summed E-state index contributed by atoms with van der Waals surface area (Å²) in [6, 6.07) is 4.43. The number of rotatable bonds is 5. The lowest BCUT2D eigenvalue weighted by Crippen LogP contribution is -2.52. The third kappa shape index (κ3) is 3.33. The number of nitrogens with two attached hydrogens (primary N) is 1. The zero-order valence-electron chi connectivity index (χ0n) is 12.8. The topological polar surface area (TPSA) is 54.6 Å². The van der Waals surface area contributed by atoms with Crippen LogP contribution in [0, 0.1) is 0 Å². The Kier molecular flexibility index (Phi) is 5.06. The molecule has 2 heterocycles. The Balaban J connectivity index is 2.09. The van der Waals surface area contributed by atoms with Crippen molar-refractivity contribution in [1.82, 2.24) is 9.88 Å². The van der Waals surface area contributed by atoms with E-state index in [1.807, 2.05) is 12.1 Å². The van der Waals surface area contributed by atoms with E-state index >= 15 is 0 Å². The Morgan fingerprint density at radius 1 is 1.35 bits per heavy atom. The number of pyridine rings is 1. The molecule has 20 heavy (non-hydrogen) atoms. The van der Waals surface area contributed by atoms with E-state index in [1.165, 1.54) is 0 Å². The molecular weight excluding hydrogens is 252 g/mol. The first-order chi connectivity index (χ1) is 9.65. The summed E-state index contributed by atoms with van der Waals surface area (Å²) < 4.78 is 5.61. The number of hydrogen-bond acceptors (Lipinski definition) is 5. The second-order valence-corrected chi connectivity index (χ2v) is 5.34. The van der Waals surface area contributed by atoms with Crippen LogP contribution >= 0.6 is 0 Å². The number of nitrogens with zero attached hydrogens (tertiary/aromatic N) is 3. The van der Waals surface area contributed by atoms with E-state index in [4.69, 9.17) is 10.5 Å². The van der Waals surface area contributed by atoms with Crippen LogP contribution < -0.4 is 15.4 Å². The minimum atomic E-state index is 0.549. The van der Waals surface area contributed by atoms with E-state index in [0.29, 0.717) is 24.2 Å². The van der Waals surface area contributed by atoms with Crippen molar-refractivity contribution in [3.05, 3.63) is 12.1 Å². The van der Waals surface area contributed by atoms with Crippen LogP contribution in [0.25, 0.3) is 0 Å². The third-order valence-electron chi connectivity index (χ3n) is 3.81. The minimum Gasteiger partial charge on any atom is -0.476 e. The van der Waals surface area contributed by atoms with Crippen molar-refractivity contribution in [2.24, 2.45) is 0 Å². The molecule has 0 bridgehead atoms. The van der Waals surface area contributed by atoms with Gasteiger partial charge in [0.05, 0.1) is 12.3 Å². The summed E-state index contributed by atoms with van der Waals surface area (Å²) in [6.07, 6.45) is 0.956. The molecule has 1 fully saturated rings. The van der Waals surface area contributed by atoms with Crippen LogP contribution in [0.4, 0.5) is 11.5 Å². The van der Waals surface area contributed by atoms with Crippen molar-refractivity contribution < 1.29 is 4.74 Å². The van der Waals surface area contributed by atoms with Gasteiger partial charge in [-0.25, -0.2) is 0 Å². The lowest BCUT2D eigenvalue weighted by molar-refractivity contribution is 0.199. The normalized spacial score (nSPS) is 20.1. The number of piperazine rings is 1. The molecule has 0 spiro atoms. The van der Waals surface area contributed by atoms with Crippen molar-refractivity contribution in [2.75, 3.05) is 43.4 Å². The van der Waals surface area contributed by atoms with Gasteiger partial charge in [0.25, 0.3) is 0 Å². The van der Waals surface area contributed by atoms with Crippen molar-refractivity contribution in [3.8, 4) is 5.88 Å². The molecule has 1 aromatic heterocycles. The Morgan fingerprint density at radius 3 is 2.80 bits per heavy atom. The van der Waals surface area contributed by atoms with Crippen molar-refractivity contribution in [2.45, 2.75) is 33.2 Å². The van der Waals surface area contributed by atoms with E-state index in [0.717, 1.165) is 38.4 Å². The molecule has 5 nitrogen and oxygen atoms in total. The Bertz CT molecular complexity index is 438. The van der Waals surface area contributed by atoms with Gasteiger partial charge in [0.1, 0.15) is 5.82 Å². The summed E-state index contributed by atoms with van der Waals surface area (Å²) in [4.78, 5) is 9.38. The van der Waals surface area contributed by atoms with Gasteiger partial charge in [-0.15, -0.1) is 0 Å². The predicted octanol–water partition coefficient (Wildman–Crippen LogP) is 1.98. The first-order valence-corrected chi connectivity index (χ1v) is 7.54. The maximum absolute atomic E-state index is 5.92. The van der Waals surface area contributed by atoms with Gasteiger partial charge in [-0.3, -0.25) is 4.90 Å². The number of aromatic nitrogens is 1. The molecule has 1 atom stereocenters. The van der Waals surface area contributed by atoms with Crippen molar-refractivity contribution in [3.63, 3.8) is 0 Å². The van der Waals surface area contributed by atoms with E-state index in [2.05, 4.69) is 35.6 Å². The molecular formula is C15H26N4O.